The highest BCUT2D eigenvalue weighted by Crippen LogP contribution is 2.18. The van der Waals surface area contributed by atoms with Gasteiger partial charge in [-0.3, -0.25) is 24.2 Å². The molecule has 32 heavy (non-hydrogen) atoms. The molecule has 0 radical (unpaired) electrons. The number of unbranched alkanes of at least 4 members (excludes halogenated alkanes) is 1. The SMILES string of the molecule is CCCC[C@H](CN(C=O)OCc1ccccc1)C(=O)[C@@H](NC(=O)c1ccccn1)C(C)C. The molecule has 2 amide bonds. The Hall–Kier alpha value is -3.06. The van der Waals surface area contributed by atoms with Crippen molar-refractivity contribution >= 4 is 18.1 Å². The Morgan fingerprint density at radius 1 is 1.12 bits per heavy atom. The summed E-state index contributed by atoms with van der Waals surface area (Å²) in [6.45, 7) is 6.20. The molecule has 7 heteroatoms. The van der Waals surface area contributed by atoms with Crippen LogP contribution in [0.4, 0.5) is 0 Å². The van der Waals surface area contributed by atoms with E-state index in [4.69, 9.17) is 4.84 Å². The first-order chi connectivity index (χ1) is 15.5. The molecule has 0 fully saturated rings. The summed E-state index contributed by atoms with van der Waals surface area (Å²) in [4.78, 5) is 47.4. The summed E-state index contributed by atoms with van der Waals surface area (Å²) in [5.74, 6) is -1.06. The molecule has 7 nitrogen and oxygen atoms in total. The third-order valence-electron chi connectivity index (χ3n) is 5.22. The van der Waals surface area contributed by atoms with Gasteiger partial charge in [0.25, 0.3) is 5.91 Å². The minimum atomic E-state index is -0.686. The number of hydrogen-bond donors (Lipinski definition) is 1. The predicted octanol–water partition coefficient (Wildman–Crippen LogP) is 3.80. The van der Waals surface area contributed by atoms with Crippen LogP contribution in [0.5, 0.6) is 0 Å². The van der Waals surface area contributed by atoms with Crippen LogP contribution < -0.4 is 5.32 Å². The maximum absolute atomic E-state index is 13.4. The molecule has 2 atom stereocenters. The van der Waals surface area contributed by atoms with E-state index in [-0.39, 0.29) is 36.5 Å². The van der Waals surface area contributed by atoms with E-state index in [0.29, 0.717) is 12.8 Å². The lowest BCUT2D eigenvalue weighted by atomic mass is 9.87. The smallest absolute Gasteiger partial charge is 0.270 e. The number of carbonyl (C=O) groups is 3. The molecule has 2 aromatic rings. The first-order valence-corrected chi connectivity index (χ1v) is 11.1. The van der Waals surface area contributed by atoms with Crippen LogP contribution in [-0.4, -0.2) is 40.7 Å². The number of ketones is 1. The standard InChI is InChI=1S/C25H33N3O4/c1-4-5-13-21(16-28(18-29)32-17-20-11-7-6-8-12-20)24(30)23(19(2)3)27-25(31)22-14-9-10-15-26-22/h6-12,14-15,18-19,21,23H,4-5,13,16-17H2,1-3H3,(H,27,31)/t21-,23+/m1/s1. The highest BCUT2D eigenvalue weighted by atomic mass is 16.7. The van der Waals surface area contributed by atoms with Crippen molar-refractivity contribution in [1.82, 2.24) is 15.4 Å². The second-order valence-corrected chi connectivity index (χ2v) is 8.12. The number of rotatable bonds is 14. The Morgan fingerprint density at radius 3 is 2.44 bits per heavy atom. The summed E-state index contributed by atoms with van der Waals surface area (Å²) in [6.07, 6.45) is 4.50. The number of amides is 2. The van der Waals surface area contributed by atoms with Gasteiger partial charge in [-0.25, -0.2) is 5.06 Å². The van der Waals surface area contributed by atoms with Gasteiger partial charge in [0.15, 0.2) is 5.78 Å². The van der Waals surface area contributed by atoms with Gasteiger partial charge in [0.1, 0.15) is 12.3 Å². The van der Waals surface area contributed by atoms with Crippen molar-refractivity contribution in [2.24, 2.45) is 11.8 Å². The number of nitrogens with one attached hydrogen (secondary N) is 1. The highest BCUT2D eigenvalue weighted by molar-refractivity contribution is 5.97. The topological polar surface area (TPSA) is 88.6 Å². The largest absolute Gasteiger partial charge is 0.341 e. The molecule has 0 aliphatic heterocycles. The Balaban J connectivity index is 2.10. The monoisotopic (exact) mass is 439 g/mol. The quantitative estimate of drug-likeness (QED) is 0.357. The first kappa shape index (κ1) is 25.2. The van der Waals surface area contributed by atoms with Crippen molar-refractivity contribution in [3.63, 3.8) is 0 Å². The third kappa shape index (κ3) is 7.89. The van der Waals surface area contributed by atoms with Crippen molar-refractivity contribution in [3.8, 4) is 0 Å². The lowest BCUT2D eigenvalue weighted by Gasteiger charge is -2.28. The molecule has 1 aromatic carbocycles. The number of Topliss-reactive ketones (excluding diaryl/α,β-unsaturated/α-hetero) is 1. The van der Waals surface area contributed by atoms with Crippen molar-refractivity contribution in [1.29, 1.82) is 0 Å². The zero-order valence-electron chi connectivity index (χ0n) is 19.1. The Labute approximate surface area is 190 Å². The number of hydroxylamine groups is 2. The lowest BCUT2D eigenvalue weighted by Crippen LogP contribution is -2.49. The van der Waals surface area contributed by atoms with Gasteiger partial charge in [0.05, 0.1) is 12.6 Å². The molecule has 0 spiro atoms. The van der Waals surface area contributed by atoms with Gasteiger partial charge in [-0.15, -0.1) is 0 Å². The first-order valence-electron chi connectivity index (χ1n) is 11.1. The van der Waals surface area contributed by atoms with E-state index < -0.39 is 12.0 Å². The number of benzene rings is 1. The van der Waals surface area contributed by atoms with Crippen LogP contribution in [0.3, 0.4) is 0 Å². The number of hydrogen-bond acceptors (Lipinski definition) is 5. The third-order valence-corrected chi connectivity index (χ3v) is 5.22. The van der Waals surface area contributed by atoms with E-state index in [2.05, 4.69) is 10.3 Å². The molecule has 1 heterocycles. The summed E-state index contributed by atoms with van der Waals surface area (Å²) in [5.41, 5.74) is 1.19. The molecule has 2 rings (SSSR count). The van der Waals surface area contributed by atoms with Crippen molar-refractivity contribution in [2.75, 3.05) is 6.54 Å². The van der Waals surface area contributed by atoms with Crippen molar-refractivity contribution in [3.05, 3.63) is 66.0 Å². The molecule has 0 unspecified atom stereocenters. The maximum Gasteiger partial charge on any atom is 0.270 e. The van der Waals surface area contributed by atoms with Crippen LogP contribution in [-0.2, 0) is 21.0 Å². The number of aromatic nitrogens is 1. The Kier molecular flexibility index (Phi) is 10.5. The maximum atomic E-state index is 13.4. The van der Waals surface area contributed by atoms with Crippen LogP contribution in [0.15, 0.2) is 54.7 Å². The normalized spacial score (nSPS) is 12.8. The van der Waals surface area contributed by atoms with E-state index in [0.717, 1.165) is 18.4 Å². The summed E-state index contributed by atoms with van der Waals surface area (Å²) >= 11 is 0. The average Bonchev–Trinajstić information content (AvgIpc) is 2.82. The van der Waals surface area contributed by atoms with Crippen LogP contribution in [0, 0.1) is 11.8 Å². The minimum Gasteiger partial charge on any atom is -0.341 e. The highest BCUT2D eigenvalue weighted by Gasteiger charge is 2.32. The number of carbonyl (C=O) groups excluding carboxylic acids is 3. The molecule has 0 aliphatic rings. The van der Waals surface area contributed by atoms with Crippen LogP contribution in [0.25, 0.3) is 0 Å². The average molecular weight is 440 g/mol. The molecule has 0 aliphatic carbocycles. The van der Waals surface area contributed by atoms with E-state index in [1.54, 1.807) is 18.2 Å². The summed E-state index contributed by atoms with van der Waals surface area (Å²) in [7, 11) is 0. The lowest BCUT2D eigenvalue weighted by molar-refractivity contribution is -0.182. The van der Waals surface area contributed by atoms with Gasteiger partial charge in [-0.05, 0) is 30.0 Å². The van der Waals surface area contributed by atoms with E-state index in [1.165, 1.54) is 11.3 Å². The van der Waals surface area contributed by atoms with Gasteiger partial charge >= 0.3 is 0 Å². The van der Waals surface area contributed by atoms with Gasteiger partial charge in [0.2, 0.25) is 6.41 Å². The van der Waals surface area contributed by atoms with E-state index >= 15 is 0 Å². The summed E-state index contributed by atoms with van der Waals surface area (Å²) < 4.78 is 0. The fraction of sp³-hybridized carbons (Fsp3) is 0.440. The Bertz CT molecular complexity index is 843. The van der Waals surface area contributed by atoms with Crippen LogP contribution in [0.2, 0.25) is 0 Å². The summed E-state index contributed by atoms with van der Waals surface area (Å²) in [6, 6.07) is 13.9. The fourth-order valence-electron chi connectivity index (χ4n) is 3.38. The molecule has 0 saturated carbocycles. The zero-order chi connectivity index (χ0) is 23.3. The molecule has 1 N–H and O–H groups in total. The van der Waals surface area contributed by atoms with E-state index in [9.17, 15) is 14.4 Å². The zero-order valence-corrected chi connectivity index (χ0v) is 19.1. The molecular formula is C25H33N3O4. The van der Waals surface area contributed by atoms with Crippen LogP contribution in [0.1, 0.15) is 56.1 Å². The van der Waals surface area contributed by atoms with Gasteiger partial charge in [-0.1, -0.05) is 70.0 Å². The van der Waals surface area contributed by atoms with Crippen molar-refractivity contribution in [2.45, 2.75) is 52.7 Å². The molecule has 0 saturated heterocycles. The molecule has 1 aromatic heterocycles. The molecule has 172 valence electrons. The molecule has 0 bridgehead atoms. The minimum absolute atomic E-state index is 0.104. The van der Waals surface area contributed by atoms with Gasteiger partial charge in [0, 0.05) is 12.1 Å². The summed E-state index contributed by atoms with van der Waals surface area (Å²) in [5, 5.41) is 4.02. The van der Waals surface area contributed by atoms with E-state index in [1.807, 2.05) is 51.1 Å². The number of pyridine rings is 1. The van der Waals surface area contributed by atoms with Gasteiger partial charge < -0.3 is 5.32 Å². The fourth-order valence-corrected chi connectivity index (χ4v) is 3.38. The van der Waals surface area contributed by atoms with Crippen molar-refractivity contribution < 1.29 is 19.2 Å². The van der Waals surface area contributed by atoms with Gasteiger partial charge in [-0.2, -0.15) is 0 Å². The second kappa shape index (κ2) is 13.4. The second-order valence-electron chi connectivity index (χ2n) is 8.12. The number of nitrogens with zero attached hydrogens (tertiary/aromatic N) is 2. The van der Waals surface area contributed by atoms with Crippen LogP contribution >= 0.6 is 0 Å². The predicted molar refractivity (Wildman–Crippen MR) is 122 cm³/mol. The Morgan fingerprint density at radius 2 is 1.84 bits per heavy atom. The molecular weight excluding hydrogens is 406 g/mol.